The Bertz CT molecular complexity index is 1100. The van der Waals surface area contributed by atoms with Gasteiger partial charge in [-0.3, -0.25) is 20.0 Å². The smallest absolute Gasteiger partial charge is 0.254 e. The number of carbonyl (C=O) groups excluding carboxylic acids is 1. The summed E-state index contributed by atoms with van der Waals surface area (Å²) in [4.78, 5) is 21.3. The van der Waals surface area contributed by atoms with Gasteiger partial charge in [-0.1, -0.05) is 38.1 Å². The van der Waals surface area contributed by atoms with E-state index in [9.17, 15) is 14.4 Å². The zero-order valence-corrected chi connectivity index (χ0v) is 17.4. The maximum Gasteiger partial charge on any atom is 0.254 e. The van der Waals surface area contributed by atoms with Crippen LogP contribution in [0.2, 0.25) is 0 Å². The molecule has 0 saturated carbocycles. The Labute approximate surface area is 175 Å². The lowest BCUT2D eigenvalue weighted by atomic mass is 9.67. The van der Waals surface area contributed by atoms with E-state index < -0.39 is 11.3 Å². The van der Waals surface area contributed by atoms with Crippen LogP contribution in [0.15, 0.2) is 54.9 Å². The summed E-state index contributed by atoms with van der Waals surface area (Å²) in [6, 6.07) is 10.7. The summed E-state index contributed by atoms with van der Waals surface area (Å²) in [6.07, 6.45) is 6.77. The lowest BCUT2D eigenvalue weighted by Crippen LogP contribution is -2.44. The van der Waals surface area contributed by atoms with Crippen LogP contribution in [-0.4, -0.2) is 21.1 Å². The van der Waals surface area contributed by atoms with E-state index in [4.69, 9.17) is 0 Å². The van der Waals surface area contributed by atoms with Crippen molar-refractivity contribution in [2.45, 2.75) is 45.4 Å². The molecule has 0 spiro atoms. The number of aromatic nitrogens is 2. The minimum absolute atomic E-state index is 0.356. The molecule has 1 aliphatic carbocycles. The molecule has 5 nitrogen and oxygen atoms in total. The first-order chi connectivity index (χ1) is 14.5. The Kier molecular flexibility index (Phi) is 6.57. The number of amides is 1. The van der Waals surface area contributed by atoms with E-state index in [2.05, 4.69) is 9.97 Å². The van der Waals surface area contributed by atoms with Crippen molar-refractivity contribution in [2.75, 3.05) is 0 Å². The van der Waals surface area contributed by atoms with Crippen LogP contribution in [0.25, 0.3) is 16.6 Å². The second-order valence-corrected chi connectivity index (χ2v) is 7.13. The molecule has 30 heavy (non-hydrogen) atoms. The normalized spacial score (nSPS) is 18.2. The van der Waals surface area contributed by atoms with Gasteiger partial charge >= 0.3 is 0 Å². The number of nitrogens with zero attached hydrogens (tertiary/aromatic N) is 2. The Morgan fingerprint density at radius 3 is 2.53 bits per heavy atom. The average molecular weight is 407 g/mol. The Balaban J connectivity index is 0.00000124. The number of allylic oxidation sites excluding steroid dienone is 2. The first kappa shape index (κ1) is 21.6. The van der Waals surface area contributed by atoms with Crippen molar-refractivity contribution < 1.29 is 14.4 Å². The van der Waals surface area contributed by atoms with Gasteiger partial charge in [0, 0.05) is 12.4 Å². The predicted molar refractivity (Wildman–Crippen MR) is 115 cm³/mol. The lowest BCUT2D eigenvalue weighted by Gasteiger charge is -2.36. The molecule has 2 N–H and O–H groups in total. The highest BCUT2D eigenvalue weighted by molar-refractivity contribution is 5.90. The largest absolute Gasteiger partial charge is 0.289 e. The van der Waals surface area contributed by atoms with Gasteiger partial charge in [0.05, 0.1) is 16.4 Å². The van der Waals surface area contributed by atoms with E-state index in [-0.39, 0.29) is 5.82 Å². The fraction of sp³-hybridized carbons (Fsp3) is 0.292. The molecule has 0 bridgehead atoms. The summed E-state index contributed by atoms with van der Waals surface area (Å²) >= 11 is 0. The second-order valence-electron chi connectivity index (χ2n) is 7.13. The van der Waals surface area contributed by atoms with Crippen molar-refractivity contribution >= 4 is 22.5 Å². The van der Waals surface area contributed by atoms with Gasteiger partial charge in [0.2, 0.25) is 0 Å². The fourth-order valence-corrected chi connectivity index (χ4v) is 4.08. The van der Waals surface area contributed by atoms with E-state index in [0.29, 0.717) is 30.4 Å². The molecule has 156 valence electrons. The number of benzene rings is 2. The van der Waals surface area contributed by atoms with E-state index >= 15 is 0 Å². The molecule has 1 heterocycles. The molecule has 1 amide bonds. The molecule has 1 aromatic heterocycles. The summed E-state index contributed by atoms with van der Waals surface area (Å²) < 4.78 is 14.1. The standard InChI is InChI=1S/C22H20FN3O2.C2H6/c1-14-17(3-2-4-18(14)23)22(21(27)26-28)9-7-15(8-10-22)16-5-6-19-20(13-16)25-12-11-24-19;1-2/h2-7,11-13,28H,8-10H2,1H3,(H,26,27);1-2H3. The first-order valence-electron chi connectivity index (χ1n) is 10.2. The third kappa shape index (κ3) is 3.83. The minimum Gasteiger partial charge on any atom is -0.289 e. The van der Waals surface area contributed by atoms with Crippen molar-refractivity contribution in [1.82, 2.24) is 15.4 Å². The Morgan fingerprint density at radius 1 is 1.13 bits per heavy atom. The number of carbonyl (C=O) groups is 1. The quantitative estimate of drug-likeness (QED) is 0.467. The van der Waals surface area contributed by atoms with Crippen LogP contribution in [0.3, 0.4) is 0 Å². The number of hydrogen-bond donors (Lipinski definition) is 2. The summed E-state index contributed by atoms with van der Waals surface area (Å²) in [5.41, 5.74) is 5.60. The van der Waals surface area contributed by atoms with Crippen LogP contribution in [0.5, 0.6) is 0 Å². The summed E-state index contributed by atoms with van der Waals surface area (Å²) in [5, 5.41) is 9.35. The molecule has 6 heteroatoms. The van der Waals surface area contributed by atoms with Crippen LogP contribution < -0.4 is 5.48 Å². The fourth-order valence-electron chi connectivity index (χ4n) is 4.08. The summed E-state index contributed by atoms with van der Waals surface area (Å²) in [7, 11) is 0. The Morgan fingerprint density at radius 2 is 1.87 bits per heavy atom. The number of rotatable bonds is 3. The van der Waals surface area contributed by atoms with E-state index in [1.165, 1.54) is 6.07 Å². The highest BCUT2D eigenvalue weighted by atomic mass is 19.1. The number of halogens is 1. The van der Waals surface area contributed by atoms with Gasteiger partial charge in [-0.05, 0) is 66.6 Å². The van der Waals surface area contributed by atoms with Crippen LogP contribution in [0.4, 0.5) is 4.39 Å². The first-order valence-corrected chi connectivity index (χ1v) is 10.2. The lowest BCUT2D eigenvalue weighted by molar-refractivity contribution is -0.135. The Hall–Kier alpha value is -3.12. The van der Waals surface area contributed by atoms with Gasteiger partial charge in [0.15, 0.2) is 0 Å². The zero-order chi connectivity index (χ0) is 21.7. The molecule has 2 aromatic carbocycles. The number of hydroxylamine groups is 1. The molecule has 1 atom stereocenters. The monoisotopic (exact) mass is 407 g/mol. The van der Waals surface area contributed by atoms with Crippen LogP contribution >= 0.6 is 0 Å². The molecule has 4 rings (SSSR count). The third-order valence-corrected chi connectivity index (χ3v) is 5.68. The topological polar surface area (TPSA) is 75.1 Å². The molecule has 1 unspecified atom stereocenters. The molecular formula is C24H26FN3O2. The van der Waals surface area contributed by atoms with Crippen LogP contribution in [0.1, 0.15) is 49.8 Å². The molecule has 0 fully saturated rings. The average Bonchev–Trinajstić information content (AvgIpc) is 2.81. The van der Waals surface area contributed by atoms with Crippen molar-refractivity contribution in [3.63, 3.8) is 0 Å². The van der Waals surface area contributed by atoms with Crippen molar-refractivity contribution in [3.8, 4) is 0 Å². The van der Waals surface area contributed by atoms with Gasteiger partial charge in [0.1, 0.15) is 5.82 Å². The third-order valence-electron chi connectivity index (χ3n) is 5.68. The maximum absolute atomic E-state index is 14.1. The minimum atomic E-state index is -0.999. The van der Waals surface area contributed by atoms with E-state index in [1.807, 2.05) is 38.1 Å². The molecule has 1 aliphatic rings. The highest BCUT2D eigenvalue weighted by Crippen LogP contribution is 2.43. The van der Waals surface area contributed by atoms with Gasteiger partial charge in [-0.25, -0.2) is 9.87 Å². The van der Waals surface area contributed by atoms with Crippen molar-refractivity contribution in [3.05, 3.63) is 77.4 Å². The molecule has 3 aromatic rings. The summed E-state index contributed by atoms with van der Waals surface area (Å²) in [6.45, 7) is 5.66. The molecular weight excluding hydrogens is 381 g/mol. The highest BCUT2D eigenvalue weighted by Gasteiger charge is 2.42. The molecule has 0 aliphatic heterocycles. The number of hydrogen-bond acceptors (Lipinski definition) is 4. The van der Waals surface area contributed by atoms with Crippen LogP contribution in [-0.2, 0) is 10.2 Å². The van der Waals surface area contributed by atoms with Crippen molar-refractivity contribution in [1.29, 1.82) is 0 Å². The van der Waals surface area contributed by atoms with Gasteiger partial charge in [-0.15, -0.1) is 0 Å². The predicted octanol–water partition coefficient (Wildman–Crippen LogP) is 5.11. The maximum atomic E-state index is 14.1. The number of fused-ring (bicyclic) bond motifs is 1. The van der Waals surface area contributed by atoms with E-state index in [1.54, 1.807) is 36.9 Å². The second kappa shape index (κ2) is 9.13. The van der Waals surface area contributed by atoms with E-state index in [0.717, 1.165) is 22.2 Å². The van der Waals surface area contributed by atoms with Gasteiger partial charge in [-0.2, -0.15) is 0 Å². The van der Waals surface area contributed by atoms with Crippen LogP contribution in [0, 0.1) is 12.7 Å². The molecule has 0 saturated heterocycles. The number of nitrogens with one attached hydrogen (secondary N) is 1. The SMILES string of the molecule is CC.Cc1c(F)cccc1C1(C(=O)NO)CC=C(c2ccc3nccnc3c2)CC1. The van der Waals surface area contributed by atoms with Gasteiger partial charge in [0.25, 0.3) is 5.91 Å². The van der Waals surface area contributed by atoms with Gasteiger partial charge < -0.3 is 0 Å². The zero-order valence-electron chi connectivity index (χ0n) is 17.4. The molecule has 0 radical (unpaired) electrons. The van der Waals surface area contributed by atoms with Crippen molar-refractivity contribution in [2.24, 2.45) is 0 Å². The summed E-state index contributed by atoms with van der Waals surface area (Å²) in [5.74, 6) is -0.869.